The smallest absolute Gasteiger partial charge is 0.245 e. The molecule has 0 aliphatic carbocycles. The van der Waals surface area contributed by atoms with Crippen molar-refractivity contribution in [1.29, 1.82) is 0 Å². The number of anilines is 1. The quantitative estimate of drug-likeness (QED) is 0.796. The Morgan fingerprint density at radius 3 is 2.82 bits per heavy atom. The number of fused-ring (bicyclic) bond motifs is 1. The van der Waals surface area contributed by atoms with Crippen LogP contribution in [-0.4, -0.2) is 33.6 Å². The van der Waals surface area contributed by atoms with Gasteiger partial charge in [0.05, 0.1) is 5.52 Å². The topological polar surface area (TPSA) is 41.9 Å². The first-order valence-electron chi connectivity index (χ1n) is 5.77. The van der Waals surface area contributed by atoms with Crippen molar-refractivity contribution in [2.24, 2.45) is 5.92 Å². The molecule has 0 radical (unpaired) electrons. The molecule has 1 aliphatic rings. The Balaban J connectivity index is 1.91. The first kappa shape index (κ1) is 10.9. The van der Waals surface area contributed by atoms with Gasteiger partial charge in [-0.05, 0) is 24.5 Å². The molecule has 0 N–H and O–H groups in total. The first-order valence-corrected chi connectivity index (χ1v) is 6.89. The predicted octanol–water partition coefficient (Wildman–Crippen LogP) is 2.25. The third kappa shape index (κ3) is 2.11. The summed E-state index contributed by atoms with van der Waals surface area (Å²) >= 11 is 3.53. The number of hydrogen-bond donors (Lipinski definition) is 0. The van der Waals surface area contributed by atoms with Gasteiger partial charge in [-0.25, -0.2) is 4.98 Å². The molecule has 1 fully saturated rings. The zero-order valence-electron chi connectivity index (χ0n) is 9.38. The molecule has 1 aliphatic heterocycles. The Morgan fingerprint density at radius 2 is 2.06 bits per heavy atom. The molecular formula is C12H13BrN4. The van der Waals surface area contributed by atoms with Crippen molar-refractivity contribution in [1.82, 2.24) is 15.2 Å². The number of aromatic nitrogens is 3. The maximum Gasteiger partial charge on any atom is 0.245 e. The standard InChI is InChI=1S/C12H13BrN4/c13-7-9-5-6-17(8-9)12-14-10-3-1-2-4-11(10)15-16-12/h1-4,9H,5-8H2. The minimum absolute atomic E-state index is 0.699. The lowest BCUT2D eigenvalue weighted by Gasteiger charge is -2.15. The number of alkyl halides is 1. The lowest BCUT2D eigenvalue weighted by molar-refractivity contribution is 0.674. The van der Waals surface area contributed by atoms with Crippen LogP contribution in [0, 0.1) is 5.92 Å². The van der Waals surface area contributed by atoms with Crippen LogP contribution in [0.1, 0.15) is 6.42 Å². The monoisotopic (exact) mass is 292 g/mol. The lowest BCUT2D eigenvalue weighted by Crippen LogP contribution is -2.22. The molecule has 0 saturated carbocycles. The van der Waals surface area contributed by atoms with Gasteiger partial charge in [0.25, 0.3) is 0 Å². The highest BCUT2D eigenvalue weighted by Gasteiger charge is 2.23. The molecule has 3 rings (SSSR count). The summed E-state index contributed by atoms with van der Waals surface area (Å²) in [5, 5.41) is 9.46. The number of para-hydroxylation sites is 1. The molecule has 1 atom stereocenters. The number of hydrogen-bond acceptors (Lipinski definition) is 4. The van der Waals surface area contributed by atoms with E-state index >= 15 is 0 Å². The minimum Gasteiger partial charge on any atom is -0.339 e. The maximum atomic E-state index is 4.56. The van der Waals surface area contributed by atoms with E-state index in [1.54, 1.807) is 0 Å². The molecule has 1 saturated heterocycles. The largest absolute Gasteiger partial charge is 0.339 e. The highest BCUT2D eigenvalue weighted by Crippen LogP contribution is 2.22. The Hall–Kier alpha value is -1.23. The third-order valence-electron chi connectivity index (χ3n) is 3.14. The fourth-order valence-corrected chi connectivity index (χ4v) is 2.67. The molecule has 5 heteroatoms. The second-order valence-corrected chi connectivity index (χ2v) is 5.00. The Morgan fingerprint density at radius 1 is 1.24 bits per heavy atom. The lowest BCUT2D eigenvalue weighted by atomic mass is 10.2. The molecule has 1 unspecified atom stereocenters. The van der Waals surface area contributed by atoms with Crippen LogP contribution in [-0.2, 0) is 0 Å². The number of benzene rings is 1. The van der Waals surface area contributed by atoms with Crippen molar-refractivity contribution in [3.63, 3.8) is 0 Å². The van der Waals surface area contributed by atoms with Crippen molar-refractivity contribution in [3.8, 4) is 0 Å². The van der Waals surface area contributed by atoms with E-state index in [0.29, 0.717) is 5.92 Å². The highest BCUT2D eigenvalue weighted by molar-refractivity contribution is 9.09. The van der Waals surface area contributed by atoms with Crippen LogP contribution in [0.4, 0.5) is 5.95 Å². The van der Waals surface area contributed by atoms with Crippen LogP contribution in [0.2, 0.25) is 0 Å². The van der Waals surface area contributed by atoms with Gasteiger partial charge in [-0.15, -0.1) is 10.2 Å². The van der Waals surface area contributed by atoms with Crippen molar-refractivity contribution < 1.29 is 0 Å². The summed E-state index contributed by atoms with van der Waals surface area (Å²) in [6.07, 6.45) is 1.20. The SMILES string of the molecule is BrCC1CCN(c2nnc3ccccc3n2)C1. The van der Waals surface area contributed by atoms with Crippen LogP contribution < -0.4 is 4.90 Å². The molecule has 2 heterocycles. The van der Waals surface area contributed by atoms with Gasteiger partial charge >= 0.3 is 0 Å². The average Bonchev–Trinajstić information content (AvgIpc) is 2.87. The maximum absolute atomic E-state index is 4.56. The zero-order chi connectivity index (χ0) is 11.7. The highest BCUT2D eigenvalue weighted by atomic mass is 79.9. The van der Waals surface area contributed by atoms with Gasteiger partial charge in [-0.3, -0.25) is 0 Å². The van der Waals surface area contributed by atoms with E-state index in [1.807, 2.05) is 24.3 Å². The van der Waals surface area contributed by atoms with E-state index in [9.17, 15) is 0 Å². The van der Waals surface area contributed by atoms with Crippen molar-refractivity contribution in [2.75, 3.05) is 23.3 Å². The van der Waals surface area contributed by atoms with E-state index in [0.717, 1.165) is 35.4 Å². The molecule has 4 nitrogen and oxygen atoms in total. The van der Waals surface area contributed by atoms with Crippen molar-refractivity contribution in [3.05, 3.63) is 24.3 Å². The van der Waals surface area contributed by atoms with E-state index in [2.05, 4.69) is 36.0 Å². The predicted molar refractivity (Wildman–Crippen MR) is 71.4 cm³/mol. The Labute approximate surface area is 108 Å². The van der Waals surface area contributed by atoms with Crippen LogP contribution >= 0.6 is 15.9 Å². The summed E-state index contributed by atoms with van der Waals surface area (Å²) in [5.41, 5.74) is 1.77. The summed E-state index contributed by atoms with van der Waals surface area (Å²) in [5.74, 6) is 1.46. The normalized spacial score (nSPS) is 20.1. The number of nitrogens with zero attached hydrogens (tertiary/aromatic N) is 4. The second-order valence-electron chi connectivity index (χ2n) is 4.36. The number of rotatable bonds is 2. The second kappa shape index (κ2) is 4.56. The van der Waals surface area contributed by atoms with E-state index in [1.165, 1.54) is 6.42 Å². The third-order valence-corrected chi connectivity index (χ3v) is 4.05. The molecule has 1 aromatic carbocycles. The average molecular weight is 293 g/mol. The summed E-state index contributed by atoms with van der Waals surface area (Å²) in [4.78, 5) is 6.78. The van der Waals surface area contributed by atoms with Gasteiger partial charge in [0.15, 0.2) is 0 Å². The molecule has 0 amide bonds. The van der Waals surface area contributed by atoms with E-state index < -0.39 is 0 Å². The minimum atomic E-state index is 0.699. The number of halogens is 1. The molecular weight excluding hydrogens is 280 g/mol. The van der Waals surface area contributed by atoms with Gasteiger partial charge in [-0.1, -0.05) is 28.1 Å². The van der Waals surface area contributed by atoms with Crippen LogP contribution in [0.3, 0.4) is 0 Å². The Bertz CT molecular complexity index is 531. The van der Waals surface area contributed by atoms with E-state index in [-0.39, 0.29) is 0 Å². The summed E-state index contributed by atoms with van der Waals surface area (Å²) in [7, 11) is 0. The first-order chi connectivity index (χ1) is 8.36. The van der Waals surface area contributed by atoms with Gasteiger partial charge in [0.2, 0.25) is 5.95 Å². The van der Waals surface area contributed by atoms with Crippen LogP contribution in [0.15, 0.2) is 24.3 Å². The molecule has 0 spiro atoms. The van der Waals surface area contributed by atoms with Crippen LogP contribution in [0.25, 0.3) is 11.0 Å². The van der Waals surface area contributed by atoms with Crippen molar-refractivity contribution >= 4 is 32.9 Å². The van der Waals surface area contributed by atoms with Crippen molar-refractivity contribution in [2.45, 2.75) is 6.42 Å². The van der Waals surface area contributed by atoms with Gasteiger partial charge < -0.3 is 4.90 Å². The summed E-state index contributed by atoms with van der Waals surface area (Å²) in [6.45, 7) is 2.04. The molecule has 1 aromatic heterocycles. The summed E-state index contributed by atoms with van der Waals surface area (Å²) in [6, 6.07) is 7.84. The van der Waals surface area contributed by atoms with Crippen LogP contribution in [0.5, 0.6) is 0 Å². The fourth-order valence-electron chi connectivity index (χ4n) is 2.15. The molecule has 2 aromatic rings. The van der Waals surface area contributed by atoms with Gasteiger partial charge in [0.1, 0.15) is 5.52 Å². The van der Waals surface area contributed by atoms with Gasteiger partial charge in [0, 0.05) is 18.4 Å². The molecule has 0 bridgehead atoms. The van der Waals surface area contributed by atoms with Gasteiger partial charge in [-0.2, -0.15) is 0 Å². The molecule has 17 heavy (non-hydrogen) atoms. The Kier molecular flexibility index (Phi) is 2.93. The molecule has 88 valence electrons. The fraction of sp³-hybridized carbons (Fsp3) is 0.417. The zero-order valence-corrected chi connectivity index (χ0v) is 11.0. The van der Waals surface area contributed by atoms with E-state index in [4.69, 9.17) is 0 Å². The summed E-state index contributed by atoms with van der Waals surface area (Å²) < 4.78 is 0.